The van der Waals surface area contributed by atoms with Crippen LogP contribution in [0.4, 0.5) is 0 Å². The normalized spacial score (nSPS) is 23.2. The van der Waals surface area contributed by atoms with Crippen molar-refractivity contribution < 1.29 is 13.2 Å². The Morgan fingerprint density at radius 3 is 2.39 bits per heavy atom. The second kappa shape index (κ2) is 4.84. The van der Waals surface area contributed by atoms with Crippen LogP contribution >= 0.6 is 0 Å². The molecule has 1 rings (SSSR count). The summed E-state index contributed by atoms with van der Waals surface area (Å²) in [5.41, 5.74) is 3.84. The van der Waals surface area contributed by atoms with Crippen molar-refractivity contribution in [3.05, 3.63) is 16.7 Å². The van der Waals surface area contributed by atoms with Gasteiger partial charge in [0.25, 0.3) is 0 Å². The predicted octanol–water partition coefficient (Wildman–Crippen LogP) is 2.93. The monoisotopic (exact) mass is 272 g/mol. The molecule has 0 aromatic carbocycles. The molecule has 0 heterocycles. The zero-order chi connectivity index (χ0) is 14.2. The van der Waals surface area contributed by atoms with Gasteiger partial charge in [-0.1, -0.05) is 13.8 Å². The molecule has 104 valence electrons. The molecule has 0 saturated heterocycles. The lowest BCUT2D eigenvalue weighted by Crippen LogP contribution is -2.41. The van der Waals surface area contributed by atoms with Crippen molar-refractivity contribution in [3.8, 4) is 0 Å². The van der Waals surface area contributed by atoms with E-state index in [9.17, 15) is 8.42 Å². The van der Waals surface area contributed by atoms with E-state index in [1.54, 1.807) is 0 Å². The van der Waals surface area contributed by atoms with E-state index in [1.807, 2.05) is 20.8 Å². The largest absolute Gasteiger partial charge is 0.376 e. The molecule has 1 atom stereocenters. The van der Waals surface area contributed by atoms with Crippen molar-refractivity contribution >= 4 is 9.84 Å². The van der Waals surface area contributed by atoms with E-state index < -0.39 is 9.84 Å². The molecular weight excluding hydrogens is 248 g/mol. The number of rotatable bonds is 3. The third kappa shape index (κ3) is 4.27. The SMILES string of the molecule is CC(C)(C)OCC1CC(=C=CS(C)(=O)=O)C1(C)C. The zero-order valence-corrected chi connectivity index (χ0v) is 13.0. The molecule has 0 aromatic rings. The number of allylic oxidation sites excluding steroid dienone is 1. The maximum Gasteiger partial charge on any atom is 0.175 e. The average molecular weight is 272 g/mol. The number of hydrogen-bond donors (Lipinski definition) is 0. The van der Waals surface area contributed by atoms with E-state index >= 15 is 0 Å². The standard InChI is InChI=1S/C14H24O3S/c1-13(2,3)17-10-12-9-11(14(12,4)5)7-8-18(6,15)16/h8,12H,9-10H2,1-6H3. The van der Waals surface area contributed by atoms with E-state index in [2.05, 4.69) is 19.6 Å². The number of hydrogen-bond acceptors (Lipinski definition) is 3. The van der Waals surface area contributed by atoms with Crippen LogP contribution in [0, 0.1) is 11.3 Å². The highest BCUT2D eigenvalue weighted by atomic mass is 32.2. The Bertz CT molecular complexity index is 472. The smallest absolute Gasteiger partial charge is 0.175 e. The van der Waals surface area contributed by atoms with Crippen molar-refractivity contribution in [1.29, 1.82) is 0 Å². The fourth-order valence-corrected chi connectivity index (χ4v) is 2.28. The zero-order valence-electron chi connectivity index (χ0n) is 12.2. The van der Waals surface area contributed by atoms with Crippen molar-refractivity contribution in [1.82, 2.24) is 0 Å². The lowest BCUT2D eigenvalue weighted by Gasteiger charge is -2.47. The summed E-state index contributed by atoms with van der Waals surface area (Å²) in [6, 6.07) is 0. The lowest BCUT2D eigenvalue weighted by atomic mass is 9.59. The fourth-order valence-electron chi connectivity index (χ4n) is 1.92. The number of ether oxygens (including phenoxy) is 1. The molecule has 0 amide bonds. The first-order valence-corrected chi connectivity index (χ1v) is 8.17. The van der Waals surface area contributed by atoms with Gasteiger partial charge in [0.15, 0.2) is 9.84 Å². The van der Waals surface area contributed by atoms with Gasteiger partial charge in [-0.3, -0.25) is 0 Å². The summed E-state index contributed by atoms with van der Waals surface area (Å²) in [7, 11) is -3.09. The maximum absolute atomic E-state index is 11.1. The molecule has 0 radical (unpaired) electrons. The molecule has 3 nitrogen and oxygen atoms in total. The van der Waals surface area contributed by atoms with Gasteiger partial charge in [0.2, 0.25) is 0 Å². The lowest BCUT2D eigenvalue weighted by molar-refractivity contribution is -0.0545. The summed E-state index contributed by atoms with van der Waals surface area (Å²) in [6.45, 7) is 11.1. The Kier molecular flexibility index (Phi) is 4.16. The van der Waals surface area contributed by atoms with Crippen molar-refractivity contribution in [2.24, 2.45) is 11.3 Å². The van der Waals surface area contributed by atoms with Crippen molar-refractivity contribution in [3.63, 3.8) is 0 Å². The molecule has 4 heteroatoms. The van der Waals surface area contributed by atoms with E-state index in [0.29, 0.717) is 12.5 Å². The minimum atomic E-state index is -3.09. The van der Waals surface area contributed by atoms with Crippen LogP contribution in [-0.4, -0.2) is 26.9 Å². The van der Waals surface area contributed by atoms with Gasteiger partial charge in [0, 0.05) is 6.26 Å². The molecule has 1 fully saturated rings. The summed E-state index contributed by atoms with van der Waals surface area (Å²) < 4.78 is 27.9. The maximum atomic E-state index is 11.1. The molecule has 0 aromatic heterocycles. The predicted molar refractivity (Wildman–Crippen MR) is 74.0 cm³/mol. The van der Waals surface area contributed by atoms with Gasteiger partial charge in [0.05, 0.1) is 17.6 Å². The second-order valence-electron chi connectivity index (χ2n) is 6.62. The highest BCUT2D eigenvalue weighted by molar-refractivity contribution is 7.93. The molecule has 1 aliphatic rings. The van der Waals surface area contributed by atoms with Crippen LogP contribution in [-0.2, 0) is 14.6 Å². The van der Waals surface area contributed by atoms with E-state index in [-0.39, 0.29) is 11.0 Å². The third-order valence-corrected chi connectivity index (χ3v) is 3.96. The van der Waals surface area contributed by atoms with E-state index in [1.165, 1.54) is 11.7 Å². The van der Waals surface area contributed by atoms with Crippen LogP contribution in [0.15, 0.2) is 16.7 Å². The fraction of sp³-hybridized carbons (Fsp3) is 0.786. The van der Waals surface area contributed by atoms with E-state index in [0.717, 1.165) is 12.0 Å². The minimum absolute atomic E-state index is 0.0214. The first-order chi connectivity index (χ1) is 7.92. The summed E-state index contributed by atoms with van der Waals surface area (Å²) in [6.07, 6.45) is 2.06. The third-order valence-electron chi connectivity index (χ3n) is 3.41. The van der Waals surface area contributed by atoms with Crippen LogP contribution < -0.4 is 0 Å². The molecular formula is C14H24O3S. The number of sulfone groups is 1. The van der Waals surface area contributed by atoms with Gasteiger partial charge in [-0.2, -0.15) is 0 Å². The van der Waals surface area contributed by atoms with E-state index in [4.69, 9.17) is 4.74 Å². The molecule has 0 aliphatic heterocycles. The first kappa shape index (κ1) is 15.5. The average Bonchev–Trinajstić information content (AvgIpc) is 2.11. The Hall–Kier alpha value is -0.570. The summed E-state index contributed by atoms with van der Waals surface area (Å²) in [5.74, 6) is 0.437. The molecule has 0 N–H and O–H groups in total. The summed E-state index contributed by atoms with van der Waals surface area (Å²) in [4.78, 5) is 0. The second-order valence-corrected chi connectivity index (χ2v) is 8.51. The molecule has 1 aliphatic carbocycles. The Morgan fingerprint density at radius 2 is 2.00 bits per heavy atom. The Labute approximate surface area is 111 Å². The molecule has 1 saturated carbocycles. The first-order valence-electron chi connectivity index (χ1n) is 6.22. The van der Waals surface area contributed by atoms with Crippen LogP contribution in [0.1, 0.15) is 41.0 Å². The minimum Gasteiger partial charge on any atom is -0.376 e. The van der Waals surface area contributed by atoms with Crippen LogP contribution in [0.2, 0.25) is 0 Å². The molecule has 0 spiro atoms. The van der Waals surface area contributed by atoms with Crippen molar-refractivity contribution in [2.75, 3.05) is 12.9 Å². The van der Waals surface area contributed by atoms with Gasteiger partial charge < -0.3 is 4.74 Å². The van der Waals surface area contributed by atoms with Gasteiger partial charge in [-0.25, -0.2) is 8.42 Å². The Morgan fingerprint density at radius 1 is 1.44 bits per heavy atom. The van der Waals surface area contributed by atoms with Gasteiger partial charge >= 0.3 is 0 Å². The highest BCUT2D eigenvalue weighted by Gasteiger charge is 2.43. The van der Waals surface area contributed by atoms with Crippen LogP contribution in [0.25, 0.3) is 0 Å². The van der Waals surface area contributed by atoms with Crippen LogP contribution in [0.5, 0.6) is 0 Å². The highest BCUT2D eigenvalue weighted by Crippen LogP contribution is 2.50. The topological polar surface area (TPSA) is 43.4 Å². The molecule has 1 unspecified atom stereocenters. The summed E-state index contributed by atoms with van der Waals surface area (Å²) >= 11 is 0. The van der Waals surface area contributed by atoms with Gasteiger partial charge in [0.1, 0.15) is 0 Å². The Balaban J connectivity index is 2.71. The van der Waals surface area contributed by atoms with Crippen molar-refractivity contribution in [2.45, 2.75) is 46.6 Å². The molecule has 0 bridgehead atoms. The van der Waals surface area contributed by atoms with Gasteiger partial charge in [-0.05, 0) is 44.1 Å². The quantitative estimate of drug-likeness (QED) is 0.742. The molecule has 18 heavy (non-hydrogen) atoms. The van der Waals surface area contributed by atoms with Crippen LogP contribution in [0.3, 0.4) is 0 Å². The van der Waals surface area contributed by atoms with Gasteiger partial charge in [-0.15, -0.1) is 5.73 Å². The summed E-state index contributed by atoms with van der Waals surface area (Å²) in [5, 5.41) is 1.17.